The Hall–Kier alpha value is -3.60. The van der Waals surface area contributed by atoms with Gasteiger partial charge in [-0.1, -0.05) is 41.1 Å². The molecular weight excluding hydrogens is 623 g/mol. The van der Waals surface area contributed by atoms with Gasteiger partial charge in [-0.2, -0.15) is 0 Å². The number of rotatable bonds is 6. The van der Waals surface area contributed by atoms with E-state index >= 15 is 0 Å². The number of methoxy groups -OCH3 is 1. The summed E-state index contributed by atoms with van der Waals surface area (Å²) >= 11 is 8.98. The summed E-state index contributed by atoms with van der Waals surface area (Å²) in [5.41, 5.74) is 2.31. The number of hydrogen-bond donors (Lipinski definition) is 1. The van der Waals surface area contributed by atoms with Gasteiger partial charge >= 0.3 is 4.87 Å². The normalized spacial score (nSPS) is 28.2. The highest BCUT2D eigenvalue weighted by Gasteiger charge is 2.69. The molecule has 1 saturated heterocycles. The number of anilines is 1. The van der Waals surface area contributed by atoms with Gasteiger partial charge in [0.05, 0.1) is 29.7 Å². The Morgan fingerprint density at radius 2 is 1.75 bits per heavy atom. The van der Waals surface area contributed by atoms with Gasteiger partial charge in [0.1, 0.15) is 12.4 Å². The Morgan fingerprint density at radius 1 is 0.977 bits per heavy atom. The third-order valence-electron chi connectivity index (χ3n) is 9.64. The molecule has 3 aromatic carbocycles. The topological polar surface area (TPSA) is 88.7 Å². The fraction of sp³-hybridized carbons (Fsp3) is 0.303. The van der Waals surface area contributed by atoms with Crippen molar-refractivity contribution in [3.8, 4) is 11.5 Å². The number of benzene rings is 3. The van der Waals surface area contributed by atoms with E-state index in [-0.39, 0.29) is 45.6 Å². The summed E-state index contributed by atoms with van der Waals surface area (Å²) in [5.74, 6) is -0.717. The molecule has 0 radical (unpaired) electrons. The largest absolute Gasteiger partial charge is 0.493 e. The summed E-state index contributed by atoms with van der Waals surface area (Å²) in [6.45, 7) is 0.318. The van der Waals surface area contributed by atoms with Crippen LogP contribution in [0.3, 0.4) is 0 Å². The Morgan fingerprint density at radius 3 is 2.50 bits per heavy atom. The predicted octanol–water partition coefficient (Wildman–Crippen LogP) is 6.49. The van der Waals surface area contributed by atoms with E-state index in [9.17, 15) is 18.8 Å². The van der Waals surface area contributed by atoms with E-state index < -0.39 is 17.7 Å². The molecule has 3 heterocycles. The number of carbonyl (C=O) groups is 2. The zero-order chi connectivity index (χ0) is 30.3. The lowest BCUT2D eigenvalue weighted by atomic mass is 9.68. The molecule has 4 aliphatic rings. The van der Waals surface area contributed by atoms with Crippen molar-refractivity contribution in [2.45, 2.75) is 29.2 Å². The molecule has 6 unspecified atom stereocenters. The Kier molecular flexibility index (Phi) is 6.66. The molecule has 2 saturated carbocycles. The smallest absolute Gasteiger partial charge is 0.305 e. The van der Waals surface area contributed by atoms with Crippen LogP contribution in [-0.2, 0) is 16.2 Å². The monoisotopic (exact) mass is 648 g/mol. The molecule has 11 heteroatoms. The number of carbonyl (C=O) groups excluding carboxylic acids is 2. The molecule has 7 atom stereocenters. The molecule has 2 amide bonds. The van der Waals surface area contributed by atoms with Crippen LogP contribution in [0.4, 0.5) is 10.1 Å². The molecule has 3 fully saturated rings. The van der Waals surface area contributed by atoms with Crippen LogP contribution in [0.15, 0.2) is 76.6 Å². The van der Waals surface area contributed by atoms with Gasteiger partial charge in [-0.25, -0.2) is 4.39 Å². The van der Waals surface area contributed by atoms with Crippen molar-refractivity contribution in [1.82, 2.24) is 4.98 Å². The van der Waals surface area contributed by atoms with Crippen LogP contribution in [0.1, 0.15) is 28.3 Å². The van der Waals surface area contributed by atoms with Crippen LogP contribution in [0, 0.1) is 35.4 Å². The lowest BCUT2D eigenvalue weighted by Crippen LogP contribution is -2.42. The van der Waals surface area contributed by atoms with Crippen LogP contribution in [0.25, 0.3) is 0 Å². The molecular formula is C33H26ClFN2O5S2. The molecule has 2 aliphatic carbocycles. The summed E-state index contributed by atoms with van der Waals surface area (Å²) < 4.78 is 25.5. The summed E-state index contributed by atoms with van der Waals surface area (Å²) in [4.78, 5) is 45.4. The van der Waals surface area contributed by atoms with Crippen LogP contribution in [-0.4, -0.2) is 29.2 Å². The second-order valence-electron chi connectivity index (χ2n) is 11.8. The summed E-state index contributed by atoms with van der Waals surface area (Å²) in [7, 11) is 1.60. The Bertz CT molecular complexity index is 1880. The van der Waals surface area contributed by atoms with Gasteiger partial charge < -0.3 is 14.5 Å². The maximum atomic E-state index is 13.9. The molecule has 44 heavy (non-hydrogen) atoms. The highest BCUT2D eigenvalue weighted by molar-refractivity contribution is 8.00. The maximum absolute atomic E-state index is 13.9. The molecule has 2 bridgehead atoms. The first kappa shape index (κ1) is 27.9. The molecule has 2 aliphatic heterocycles. The van der Waals surface area contributed by atoms with Crippen molar-refractivity contribution in [3.05, 3.63) is 103 Å². The van der Waals surface area contributed by atoms with Crippen molar-refractivity contribution < 1.29 is 23.5 Å². The lowest BCUT2D eigenvalue weighted by Gasteiger charge is -2.43. The van der Waals surface area contributed by atoms with Gasteiger partial charge in [-0.3, -0.25) is 19.3 Å². The van der Waals surface area contributed by atoms with Crippen molar-refractivity contribution in [2.75, 3.05) is 12.0 Å². The van der Waals surface area contributed by atoms with E-state index in [4.69, 9.17) is 21.1 Å². The van der Waals surface area contributed by atoms with Gasteiger partial charge in [0, 0.05) is 21.1 Å². The van der Waals surface area contributed by atoms with Gasteiger partial charge in [0.2, 0.25) is 11.8 Å². The average molecular weight is 649 g/mol. The van der Waals surface area contributed by atoms with Crippen LogP contribution < -0.4 is 19.2 Å². The zero-order valence-electron chi connectivity index (χ0n) is 23.4. The number of fused-ring (bicyclic) bond motifs is 9. The average Bonchev–Trinajstić information content (AvgIpc) is 3.75. The van der Waals surface area contributed by atoms with Crippen LogP contribution in [0.2, 0.25) is 5.02 Å². The zero-order valence-corrected chi connectivity index (χ0v) is 25.8. The second-order valence-corrected chi connectivity index (χ2v) is 14.4. The molecule has 1 aromatic heterocycles. The van der Waals surface area contributed by atoms with Crippen molar-refractivity contribution >= 4 is 52.2 Å². The SMILES string of the molecule is COc1cc([C@H]2c3sc(=O)[nH]c3SC3C4CC(C5C(=O)N(c6ccc(F)cc6)C(=O)C45)C32)ccc1OCc1cccc(Cl)c1. The second kappa shape index (κ2) is 10.5. The highest BCUT2D eigenvalue weighted by atomic mass is 35.5. The van der Waals surface area contributed by atoms with E-state index in [0.29, 0.717) is 28.8 Å². The summed E-state index contributed by atoms with van der Waals surface area (Å²) in [6.07, 6.45) is 0.778. The van der Waals surface area contributed by atoms with Crippen molar-refractivity contribution in [3.63, 3.8) is 0 Å². The number of ether oxygens (including phenoxy) is 2. The van der Waals surface area contributed by atoms with E-state index in [1.807, 2.05) is 42.5 Å². The number of aromatic nitrogens is 1. The molecule has 0 spiro atoms. The molecule has 224 valence electrons. The first-order valence-electron chi connectivity index (χ1n) is 14.4. The third kappa shape index (κ3) is 4.25. The number of halogens is 2. The number of imide groups is 1. The van der Waals surface area contributed by atoms with Gasteiger partial charge in [0.15, 0.2) is 11.5 Å². The van der Waals surface area contributed by atoms with E-state index in [0.717, 1.165) is 27.5 Å². The maximum Gasteiger partial charge on any atom is 0.305 e. The quantitative estimate of drug-likeness (QED) is 0.240. The van der Waals surface area contributed by atoms with Crippen LogP contribution >= 0.6 is 34.7 Å². The number of amides is 2. The Balaban J connectivity index is 1.15. The highest BCUT2D eigenvalue weighted by Crippen LogP contribution is 2.68. The molecule has 8 rings (SSSR count). The minimum Gasteiger partial charge on any atom is -0.493 e. The number of thiazole rings is 1. The van der Waals surface area contributed by atoms with Gasteiger partial charge in [-0.15, -0.1) is 11.8 Å². The summed E-state index contributed by atoms with van der Waals surface area (Å²) in [5, 5.41) is 1.53. The molecule has 4 aromatic rings. The predicted molar refractivity (Wildman–Crippen MR) is 166 cm³/mol. The van der Waals surface area contributed by atoms with Gasteiger partial charge in [0.25, 0.3) is 0 Å². The fourth-order valence-corrected chi connectivity index (χ4v) is 11.1. The standard InChI is InChI=1S/C33H26ClFN2O5S2/c1-41-23-12-16(5-10-22(23)42-14-15-3-2-4-17(34)11-15)24-25-20-13-21(28(25)43-30-29(24)44-33(40)36-30)27-26(20)31(38)37(32(27)39)19-8-6-18(35)7-9-19/h2-12,20-21,24-28H,13-14H2,1H3,(H,36,40)/t20?,21?,24-,25?,26?,27?,28?/m1/s1. The first-order valence-corrected chi connectivity index (χ1v) is 16.5. The number of aromatic amines is 1. The summed E-state index contributed by atoms with van der Waals surface area (Å²) in [6, 6.07) is 18.9. The molecule has 1 N–H and O–H groups in total. The first-order chi connectivity index (χ1) is 21.3. The molecule has 7 nitrogen and oxygen atoms in total. The number of hydrogen-bond acceptors (Lipinski definition) is 7. The number of nitrogens with zero attached hydrogens (tertiary/aromatic N) is 1. The van der Waals surface area contributed by atoms with Crippen molar-refractivity contribution in [1.29, 1.82) is 0 Å². The third-order valence-corrected chi connectivity index (χ3v) is 12.5. The van der Waals surface area contributed by atoms with E-state index in [1.54, 1.807) is 18.9 Å². The van der Waals surface area contributed by atoms with E-state index in [2.05, 4.69) is 4.98 Å². The van der Waals surface area contributed by atoms with E-state index in [1.165, 1.54) is 40.5 Å². The number of nitrogens with one attached hydrogen (secondary N) is 1. The lowest BCUT2D eigenvalue weighted by molar-refractivity contribution is -0.123. The number of thioether (sulfide) groups is 1. The minimum absolute atomic E-state index is 0.0110. The van der Waals surface area contributed by atoms with Gasteiger partial charge in [-0.05, 0) is 83.8 Å². The fourth-order valence-electron chi connectivity index (χ4n) is 8.02. The van der Waals surface area contributed by atoms with Crippen LogP contribution in [0.5, 0.6) is 11.5 Å². The Labute approximate surface area is 265 Å². The number of H-pyrrole nitrogens is 1. The minimum atomic E-state index is -0.443. The van der Waals surface area contributed by atoms with Crippen molar-refractivity contribution in [2.24, 2.45) is 29.6 Å².